The SMILES string of the molecule is Cc1cc(NC(=O)CN2CCN(C(=O)c3n[nH]c4ccccc34)CC2)ccc1Br. The van der Waals surface area contributed by atoms with Gasteiger partial charge in [0.25, 0.3) is 5.91 Å². The van der Waals surface area contributed by atoms with Gasteiger partial charge >= 0.3 is 0 Å². The number of nitrogens with one attached hydrogen (secondary N) is 2. The van der Waals surface area contributed by atoms with E-state index in [1.165, 1.54) is 0 Å². The minimum Gasteiger partial charge on any atom is -0.335 e. The van der Waals surface area contributed by atoms with Crippen LogP contribution in [0.25, 0.3) is 10.9 Å². The van der Waals surface area contributed by atoms with Crippen LogP contribution in [0.1, 0.15) is 16.1 Å². The zero-order chi connectivity index (χ0) is 20.4. The summed E-state index contributed by atoms with van der Waals surface area (Å²) < 4.78 is 1.01. The molecule has 0 spiro atoms. The van der Waals surface area contributed by atoms with Gasteiger partial charge in [-0.05, 0) is 36.8 Å². The van der Waals surface area contributed by atoms with E-state index in [0.717, 1.165) is 26.6 Å². The van der Waals surface area contributed by atoms with E-state index in [2.05, 4.69) is 36.3 Å². The number of para-hydroxylation sites is 1. The Morgan fingerprint density at radius 3 is 2.66 bits per heavy atom. The summed E-state index contributed by atoms with van der Waals surface area (Å²) >= 11 is 3.46. The van der Waals surface area contributed by atoms with Crippen LogP contribution in [0.4, 0.5) is 5.69 Å². The fourth-order valence-electron chi connectivity index (χ4n) is 3.51. The molecule has 0 bridgehead atoms. The van der Waals surface area contributed by atoms with E-state index in [4.69, 9.17) is 0 Å². The van der Waals surface area contributed by atoms with E-state index in [-0.39, 0.29) is 11.8 Å². The fourth-order valence-corrected chi connectivity index (χ4v) is 3.76. The molecule has 29 heavy (non-hydrogen) atoms. The van der Waals surface area contributed by atoms with E-state index in [1.807, 2.05) is 49.4 Å². The van der Waals surface area contributed by atoms with Gasteiger partial charge in [-0.3, -0.25) is 19.6 Å². The van der Waals surface area contributed by atoms with Crippen molar-refractivity contribution in [1.82, 2.24) is 20.0 Å². The predicted molar refractivity (Wildman–Crippen MR) is 116 cm³/mol. The first-order valence-corrected chi connectivity index (χ1v) is 10.3. The quantitative estimate of drug-likeness (QED) is 0.633. The highest BCUT2D eigenvalue weighted by molar-refractivity contribution is 9.10. The minimum atomic E-state index is -0.0723. The third-order valence-corrected chi connectivity index (χ3v) is 6.03. The van der Waals surface area contributed by atoms with Crippen LogP contribution in [0.5, 0.6) is 0 Å². The van der Waals surface area contributed by atoms with Crippen LogP contribution >= 0.6 is 15.9 Å². The van der Waals surface area contributed by atoms with Crippen LogP contribution < -0.4 is 5.32 Å². The minimum absolute atomic E-state index is 0.0511. The molecule has 3 aromatic rings. The van der Waals surface area contributed by atoms with Crippen molar-refractivity contribution in [3.8, 4) is 0 Å². The van der Waals surface area contributed by atoms with Crippen molar-refractivity contribution >= 4 is 44.3 Å². The highest BCUT2D eigenvalue weighted by Gasteiger charge is 2.25. The Balaban J connectivity index is 1.31. The number of rotatable bonds is 4. The number of aryl methyl sites for hydroxylation is 1. The highest BCUT2D eigenvalue weighted by atomic mass is 79.9. The van der Waals surface area contributed by atoms with Gasteiger partial charge in [0.05, 0.1) is 12.1 Å². The molecule has 2 heterocycles. The van der Waals surface area contributed by atoms with Crippen molar-refractivity contribution in [3.05, 3.63) is 58.2 Å². The number of benzene rings is 2. The molecule has 0 aliphatic carbocycles. The number of amides is 2. The van der Waals surface area contributed by atoms with Crippen LogP contribution in [0.15, 0.2) is 46.9 Å². The Kier molecular flexibility index (Phi) is 5.64. The fraction of sp³-hybridized carbons (Fsp3) is 0.286. The topological polar surface area (TPSA) is 81.3 Å². The summed E-state index contributed by atoms with van der Waals surface area (Å²) in [5.41, 5.74) is 3.17. The van der Waals surface area contributed by atoms with E-state index < -0.39 is 0 Å². The van der Waals surface area contributed by atoms with Crippen molar-refractivity contribution < 1.29 is 9.59 Å². The number of carbonyl (C=O) groups excluding carboxylic acids is 2. The van der Waals surface area contributed by atoms with Crippen molar-refractivity contribution in [2.24, 2.45) is 0 Å². The lowest BCUT2D eigenvalue weighted by Gasteiger charge is -2.34. The Hall–Kier alpha value is -2.71. The number of carbonyl (C=O) groups is 2. The summed E-state index contributed by atoms with van der Waals surface area (Å²) in [6.07, 6.45) is 0. The van der Waals surface area contributed by atoms with Gasteiger partial charge in [-0.15, -0.1) is 0 Å². The number of H-pyrrole nitrogens is 1. The second kappa shape index (κ2) is 8.34. The number of fused-ring (bicyclic) bond motifs is 1. The summed E-state index contributed by atoms with van der Waals surface area (Å²) in [6.45, 7) is 4.75. The maximum atomic E-state index is 12.8. The Bertz CT molecular complexity index is 1060. The third kappa shape index (κ3) is 4.33. The number of halogens is 1. The smallest absolute Gasteiger partial charge is 0.275 e. The van der Waals surface area contributed by atoms with Crippen molar-refractivity contribution in [2.45, 2.75) is 6.92 Å². The lowest BCUT2D eigenvalue weighted by Crippen LogP contribution is -2.50. The summed E-state index contributed by atoms with van der Waals surface area (Å²) in [5.74, 6) is -0.123. The van der Waals surface area contributed by atoms with Gasteiger partial charge in [-0.2, -0.15) is 5.10 Å². The van der Waals surface area contributed by atoms with E-state index in [1.54, 1.807) is 4.90 Å². The summed E-state index contributed by atoms with van der Waals surface area (Å²) in [7, 11) is 0. The number of aromatic nitrogens is 2. The molecular formula is C21H22BrN5O2. The molecular weight excluding hydrogens is 434 g/mol. The summed E-state index contributed by atoms with van der Waals surface area (Å²) in [5, 5.41) is 10.9. The molecule has 1 aliphatic rings. The Morgan fingerprint density at radius 1 is 1.14 bits per heavy atom. The first-order valence-electron chi connectivity index (χ1n) is 9.52. The summed E-state index contributed by atoms with van der Waals surface area (Å²) in [4.78, 5) is 29.1. The molecule has 0 radical (unpaired) electrons. The molecule has 1 saturated heterocycles. The second-order valence-corrected chi connectivity index (χ2v) is 8.05. The van der Waals surface area contributed by atoms with Crippen molar-refractivity contribution in [3.63, 3.8) is 0 Å². The molecule has 0 unspecified atom stereocenters. The molecule has 2 aromatic carbocycles. The molecule has 1 aliphatic heterocycles. The number of piperazine rings is 1. The van der Waals surface area contributed by atoms with Gasteiger partial charge in [-0.25, -0.2) is 0 Å². The maximum absolute atomic E-state index is 12.8. The van der Waals surface area contributed by atoms with Gasteiger partial charge in [0, 0.05) is 41.7 Å². The molecule has 150 valence electrons. The molecule has 4 rings (SSSR count). The lowest BCUT2D eigenvalue weighted by atomic mass is 10.2. The van der Waals surface area contributed by atoms with Gasteiger partial charge in [0.1, 0.15) is 0 Å². The maximum Gasteiger partial charge on any atom is 0.275 e. The monoisotopic (exact) mass is 455 g/mol. The van der Waals surface area contributed by atoms with Crippen LogP contribution in [0.2, 0.25) is 0 Å². The Labute approximate surface area is 177 Å². The predicted octanol–water partition coefficient (Wildman–Crippen LogP) is 3.03. The van der Waals surface area contributed by atoms with Crippen molar-refractivity contribution in [2.75, 3.05) is 38.0 Å². The number of aromatic amines is 1. The van der Waals surface area contributed by atoms with Crippen LogP contribution in [0.3, 0.4) is 0 Å². The highest BCUT2D eigenvalue weighted by Crippen LogP contribution is 2.20. The van der Waals surface area contributed by atoms with Gasteiger partial charge < -0.3 is 10.2 Å². The largest absolute Gasteiger partial charge is 0.335 e. The first kappa shape index (κ1) is 19.6. The van der Waals surface area contributed by atoms with Gasteiger partial charge in [-0.1, -0.05) is 34.1 Å². The molecule has 0 atom stereocenters. The molecule has 0 saturated carbocycles. The van der Waals surface area contributed by atoms with Gasteiger partial charge in [0.15, 0.2) is 5.69 Å². The lowest BCUT2D eigenvalue weighted by molar-refractivity contribution is -0.117. The average Bonchev–Trinajstić information content (AvgIpc) is 3.15. The number of hydrogen-bond donors (Lipinski definition) is 2. The van der Waals surface area contributed by atoms with E-state index in [0.29, 0.717) is 38.4 Å². The number of nitrogens with zero attached hydrogens (tertiary/aromatic N) is 3. The van der Waals surface area contributed by atoms with Crippen LogP contribution in [-0.4, -0.2) is 64.5 Å². The first-order chi connectivity index (χ1) is 14.0. The standard InChI is InChI=1S/C21H22BrN5O2/c1-14-12-15(6-7-17(14)22)23-19(28)13-26-8-10-27(11-9-26)21(29)20-16-4-2-3-5-18(16)24-25-20/h2-7,12H,8-11,13H2,1H3,(H,23,28)(H,24,25). The average molecular weight is 456 g/mol. The second-order valence-electron chi connectivity index (χ2n) is 7.20. The molecule has 2 N–H and O–H groups in total. The summed E-state index contributed by atoms with van der Waals surface area (Å²) in [6, 6.07) is 13.4. The number of anilines is 1. The molecule has 7 nitrogen and oxygen atoms in total. The molecule has 1 aromatic heterocycles. The zero-order valence-electron chi connectivity index (χ0n) is 16.1. The van der Waals surface area contributed by atoms with E-state index in [9.17, 15) is 9.59 Å². The molecule has 2 amide bonds. The zero-order valence-corrected chi connectivity index (χ0v) is 17.7. The van der Waals surface area contributed by atoms with E-state index >= 15 is 0 Å². The number of hydrogen-bond acceptors (Lipinski definition) is 4. The van der Waals surface area contributed by atoms with Crippen LogP contribution in [0, 0.1) is 6.92 Å². The Morgan fingerprint density at radius 2 is 1.90 bits per heavy atom. The van der Waals surface area contributed by atoms with Crippen molar-refractivity contribution in [1.29, 1.82) is 0 Å². The molecule has 8 heteroatoms. The molecule has 1 fully saturated rings. The normalized spacial score (nSPS) is 14.9. The van der Waals surface area contributed by atoms with Crippen LogP contribution in [-0.2, 0) is 4.79 Å². The van der Waals surface area contributed by atoms with Gasteiger partial charge in [0.2, 0.25) is 5.91 Å². The third-order valence-electron chi connectivity index (χ3n) is 5.14.